The van der Waals surface area contributed by atoms with Gasteiger partial charge in [-0.3, -0.25) is 9.59 Å². The Balaban J connectivity index is 1.63. The summed E-state index contributed by atoms with van der Waals surface area (Å²) in [4.78, 5) is 28.2. The molecule has 136 valence electrons. The van der Waals surface area contributed by atoms with E-state index in [2.05, 4.69) is 5.32 Å². The van der Waals surface area contributed by atoms with Crippen LogP contribution in [0.2, 0.25) is 0 Å². The molecule has 25 heavy (non-hydrogen) atoms. The van der Waals surface area contributed by atoms with Gasteiger partial charge in [0.1, 0.15) is 0 Å². The molecule has 0 atom stereocenters. The maximum absolute atomic E-state index is 12.8. The molecule has 1 aromatic rings. The van der Waals surface area contributed by atoms with Gasteiger partial charge >= 0.3 is 6.18 Å². The highest BCUT2D eigenvalue weighted by Gasteiger charge is 2.42. The number of hydrogen-bond donors (Lipinski definition) is 1. The van der Waals surface area contributed by atoms with Crippen LogP contribution in [-0.4, -0.2) is 60.9 Å². The molecular weight excluding hydrogens is 335 g/mol. The lowest BCUT2D eigenvalue weighted by Gasteiger charge is -2.44. The van der Waals surface area contributed by atoms with Crippen LogP contribution in [-0.2, 0) is 11.0 Å². The number of halogens is 3. The summed E-state index contributed by atoms with van der Waals surface area (Å²) in [6, 6.07) is 4.44. The Morgan fingerprint density at radius 2 is 1.68 bits per heavy atom. The Hall–Kier alpha value is -2.09. The van der Waals surface area contributed by atoms with Crippen LogP contribution in [0.5, 0.6) is 0 Å². The van der Waals surface area contributed by atoms with Crippen molar-refractivity contribution in [1.29, 1.82) is 0 Å². The number of rotatable bonds is 2. The van der Waals surface area contributed by atoms with Gasteiger partial charge < -0.3 is 15.1 Å². The predicted octanol–water partition coefficient (Wildman–Crippen LogP) is 1.60. The molecule has 0 radical (unpaired) electrons. The molecule has 1 aromatic carbocycles. The zero-order chi connectivity index (χ0) is 18.2. The number of amides is 2. The first-order valence-corrected chi connectivity index (χ1v) is 8.17. The molecule has 2 amide bonds. The maximum atomic E-state index is 12.8. The van der Waals surface area contributed by atoms with E-state index in [0.29, 0.717) is 39.3 Å². The first-order valence-electron chi connectivity index (χ1n) is 8.17. The van der Waals surface area contributed by atoms with Crippen molar-refractivity contribution in [3.63, 3.8) is 0 Å². The van der Waals surface area contributed by atoms with Crippen molar-refractivity contribution in [3.05, 3.63) is 35.4 Å². The maximum Gasteiger partial charge on any atom is 0.416 e. The van der Waals surface area contributed by atoms with Gasteiger partial charge in [0.25, 0.3) is 5.91 Å². The van der Waals surface area contributed by atoms with E-state index in [4.69, 9.17) is 0 Å². The summed E-state index contributed by atoms with van der Waals surface area (Å²) >= 11 is 0. The lowest BCUT2D eigenvalue weighted by molar-refractivity contribution is -0.145. The zero-order valence-electron chi connectivity index (χ0n) is 13.9. The minimum Gasteiger partial charge on any atom is -0.339 e. The van der Waals surface area contributed by atoms with Crippen molar-refractivity contribution in [3.8, 4) is 0 Å². The van der Waals surface area contributed by atoms with Crippen LogP contribution in [0.3, 0.4) is 0 Å². The molecular formula is C17H20F3N3O2. The second kappa shape index (κ2) is 6.33. The van der Waals surface area contributed by atoms with Crippen LogP contribution in [0.25, 0.3) is 0 Å². The van der Waals surface area contributed by atoms with Gasteiger partial charge in [-0.2, -0.15) is 13.2 Å². The highest BCUT2D eigenvalue weighted by molar-refractivity contribution is 5.94. The number of piperazine rings is 1. The molecule has 1 N–H and O–H groups in total. The largest absolute Gasteiger partial charge is 0.416 e. The molecule has 0 spiro atoms. The Labute approximate surface area is 143 Å². The molecule has 5 nitrogen and oxygen atoms in total. The third kappa shape index (κ3) is 3.49. The topological polar surface area (TPSA) is 52.7 Å². The van der Waals surface area contributed by atoms with Gasteiger partial charge in [-0.05, 0) is 25.1 Å². The predicted molar refractivity (Wildman–Crippen MR) is 84.9 cm³/mol. The van der Waals surface area contributed by atoms with Gasteiger partial charge in [-0.25, -0.2) is 0 Å². The van der Waals surface area contributed by atoms with Crippen molar-refractivity contribution in [1.82, 2.24) is 15.1 Å². The number of carbonyl (C=O) groups excluding carboxylic acids is 2. The first kappa shape index (κ1) is 17.7. The summed E-state index contributed by atoms with van der Waals surface area (Å²) in [6.07, 6.45) is -4.48. The third-order valence-electron chi connectivity index (χ3n) is 4.84. The summed E-state index contributed by atoms with van der Waals surface area (Å²) in [5, 5.41) is 3.08. The molecule has 0 aliphatic carbocycles. The smallest absolute Gasteiger partial charge is 0.339 e. The summed E-state index contributed by atoms with van der Waals surface area (Å²) < 4.78 is 38.4. The lowest BCUT2D eigenvalue weighted by Crippen LogP contribution is -2.63. The highest BCUT2D eigenvalue weighted by atomic mass is 19.4. The summed E-state index contributed by atoms with van der Waals surface area (Å²) in [6.45, 7) is 4.66. The fourth-order valence-electron chi connectivity index (χ4n) is 3.16. The van der Waals surface area contributed by atoms with E-state index >= 15 is 0 Å². The van der Waals surface area contributed by atoms with E-state index in [0.717, 1.165) is 12.1 Å². The Kier molecular flexibility index (Phi) is 4.49. The van der Waals surface area contributed by atoms with Crippen LogP contribution < -0.4 is 5.32 Å². The highest BCUT2D eigenvalue weighted by Crippen LogP contribution is 2.30. The van der Waals surface area contributed by atoms with Crippen molar-refractivity contribution in [2.45, 2.75) is 13.1 Å². The van der Waals surface area contributed by atoms with E-state index in [-0.39, 0.29) is 16.9 Å². The molecule has 0 saturated carbocycles. The van der Waals surface area contributed by atoms with Crippen LogP contribution >= 0.6 is 0 Å². The van der Waals surface area contributed by atoms with Crippen LogP contribution in [0, 0.1) is 5.41 Å². The molecule has 3 rings (SSSR count). The second-order valence-corrected chi connectivity index (χ2v) is 6.83. The molecule has 2 aliphatic rings. The number of alkyl halides is 3. The van der Waals surface area contributed by atoms with Gasteiger partial charge in [0.05, 0.1) is 11.0 Å². The van der Waals surface area contributed by atoms with Crippen molar-refractivity contribution in [2.24, 2.45) is 5.41 Å². The number of benzene rings is 1. The average Bonchev–Trinajstić information content (AvgIpc) is 2.58. The standard InChI is InChI=1S/C17H20F3N3O2/c1-16(10-21-11-16)15(25)23-7-5-22(6-8-23)14(24)12-3-2-4-13(9-12)17(18,19)20/h2-4,9,21H,5-8,10-11H2,1H3. The third-order valence-corrected chi connectivity index (χ3v) is 4.84. The van der Waals surface area contributed by atoms with Gasteiger partial charge in [0.15, 0.2) is 0 Å². The van der Waals surface area contributed by atoms with E-state index in [1.54, 1.807) is 4.90 Å². The Bertz CT molecular complexity index is 678. The Morgan fingerprint density at radius 3 is 2.20 bits per heavy atom. The van der Waals surface area contributed by atoms with Crippen molar-refractivity contribution < 1.29 is 22.8 Å². The minimum absolute atomic E-state index is 0.0183. The summed E-state index contributed by atoms with van der Waals surface area (Å²) in [5.41, 5.74) is -1.20. The monoisotopic (exact) mass is 355 g/mol. The van der Waals surface area contributed by atoms with Gasteiger partial charge in [0, 0.05) is 44.8 Å². The van der Waals surface area contributed by atoms with E-state index in [1.165, 1.54) is 17.0 Å². The molecule has 0 bridgehead atoms. The van der Waals surface area contributed by atoms with Crippen molar-refractivity contribution >= 4 is 11.8 Å². The van der Waals surface area contributed by atoms with Crippen molar-refractivity contribution in [2.75, 3.05) is 39.3 Å². The van der Waals surface area contributed by atoms with Crippen LogP contribution in [0.15, 0.2) is 24.3 Å². The number of carbonyl (C=O) groups is 2. The van der Waals surface area contributed by atoms with Crippen LogP contribution in [0.4, 0.5) is 13.2 Å². The fraction of sp³-hybridized carbons (Fsp3) is 0.529. The van der Waals surface area contributed by atoms with Gasteiger partial charge in [0.2, 0.25) is 5.91 Å². The van der Waals surface area contributed by atoms with Gasteiger partial charge in [-0.15, -0.1) is 0 Å². The normalized spacial score (nSPS) is 20.2. The first-order chi connectivity index (χ1) is 11.7. The van der Waals surface area contributed by atoms with E-state index in [1.807, 2.05) is 6.92 Å². The fourth-order valence-corrected chi connectivity index (χ4v) is 3.16. The quantitative estimate of drug-likeness (QED) is 0.877. The summed E-state index contributed by atoms with van der Waals surface area (Å²) in [7, 11) is 0. The van der Waals surface area contributed by atoms with E-state index < -0.39 is 17.6 Å². The molecule has 0 unspecified atom stereocenters. The summed E-state index contributed by atoms with van der Waals surface area (Å²) in [5.74, 6) is -0.368. The molecule has 2 heterocycles. The average molecular weight is 355 g/mol. The van der Waals surface area contributed by atoms with E-state index in [9.17, 15) is 22.8 Å². The molecule has 2 aliphatic heterocycles. The SMILES string of the molecule is CC1(C(=O)N2CCN(C(=O)c3cccc(C(F)(F)F)c3)CC2)CNC1. The molecule has 0 aromatic heterocycles. The molecule has 2 saturated heterocycles. The zero-order valence-corrected chi connectivity index (χ0v) is 13.9. The molecule has 8 heteroatoms. The second-order valence-electron chi connectivity index (χ2n) is 6.83. The molecule has 2 fully saturated rings. The number of hydrogen-bond acceptors (Lipinski definition) is 3. The van der Waals surface area contributed by atoms with Gasteiger partial charge in [-0.1, -0.05) is 6.07 Å². The van der Waals surface area contributed by atoms with Crippen LogP contribution in [0.1, 0.15) is 22.8 Å². The Morgan fingerprint density at radius 1 is 1.08 bits per heavy atom. The number of nitrogens with zero attached hydrogens (tertiary/aromatic N) is 2. The minimum atomic E-state index is -4.48. The lowest BCUT2D eigenvalue weighted by atomic mass is 9.82. The number of nitrogens with one attached hydrogen (secondary N) is 1.